The van der Waals surface area contributed by atoms with E-state index in [4.69, 9.17) is 15.2 Å². The van der Waals surface area contributed by atoms with Crippen LogP contribution in [-0.4, -0.2) is 35.2 Å². The standard InChI is InChI=1S/C23H23N3O4/c24-16-10-12-26(13-11-16)17-14-21(23(27)28)22(25-15-17)30-20-8-6-19(7-9-20)29-18-4-2-1-3-5-18/h1-9,14-16H,10-13,24H2,(H,27,28). The maximum atomic E-state index is 11.8. The van der Waals surface area contributed by atoms with Crippen LogP contribution in [0.4, 0.5) is 5.69 Å². The quantitative estimate of drug-likeness (QED) is 0.631. The lowest BCUT2D eigenvalue weighted by Crippen LogP contribution is -2.39. The second kappa shape index (κ2) is 8.84. The zero-order valence-corrected chi connectivity index (χ0v) is 16.4. The highest BCUT2D eigenvalue weighted by atomic mass is 16.5. The van der Waals surface area contributed by atoms with Gasteiger partial charge in [-0.3, -0.25) is 0 Å². The molecule has 1 aliphatic rings. The lowest BCUT2D eigenvalue weighted by atomic mass is 10.1. The van der Waals surface area contributed by atoms with Crippen LogP contribution in [0, 0.1) is 0 Å². The van der Waals surface area contributed by atoms with Gasteiger partial charge in [-0.05, 0) is 55.3 Å². The van der Waals surface area contributed by atoms with Crippen molar-refractivity contribution >= 4 is 11.7 Å². The molecule has 0 aliphatic carbocycles. The van der Waals surface area contributed by atoms with Crippen molar-refractivity contribution in [2.24, 2.45) is 5.73 Å². The van der Waals surface area contributed by atoms with Crippen LogP contribution in [0.25, 0.3) is 0 Å². The topological polar surface area (TPSA) is 97.9 Å². The van der Waals surface area contributed by atoms with Crippen molar-refractivity contribution in [1.82, 2.24) is 4.98 Å². The zero-order chi connectivity index (χ0) is 20.9. The van der Waals surface area contributed by atoms with Gasteiger partial charge in [0.05, 0.1) is 11.9 Å². The molecule has 1 saturated heterocycles. The molecule has 7 heteroatoms. The first-order valence-electron chi connectivity index (χ1n) is 9.83. The Bertz CT molecular complexity index is 1000. The number of piperidine rings is 1. The van der Waals surface area contributed by atoms with Gasteiger partial charge in [-0.1, -0.05) is 18.2 Å². The fourth-order valence-corrected chi connectivity index (χ4v) is 3.32. The minimum absolute atomic E-state index is 0.0204. The molecule has 7 nitrogen and oxygen atoms in total. The number of rotatable bonds is 6. The van der Waals surface area contributed by atoms with E-state index in [1.165, 1.54) is 0 Å². The summed E-state index contributed by atoms with van der Waals surface area (Å²) in [6.45, 7) is 1.57. The average molecular weight is 405 g/mol. The summed E-state index contributed by atoms with van der Waals surface area (Å²) >= 11 is 0. The van der Waals surface area contributed by atoms with Gasteiger partial charge >= 0.3 is 5.97 Å². The molecule has 3 N–H and O–H groups in total. The Morgan fingerprint density at radius 3 is 2.20 bits per heavy atom. The van der Waals surface area contributed by atoms with Crippen molar-refractivity contribution in [3.8, 4) is 23.1 Å². The summed E-state index contributed by atoms with van der Waals surface area (Å²) in [7, 11) is 0. The number of hydrogen-bond acceptors (Lipinski definition) is 6. The highest BCUT2D eigenvalue weighted by Crippen LogP contribution is 2.30. The van der Waals surface area contributed by atoms with Crippen LogP contribution in [0.1, 0.15) is 23.2 Å². The Morgan fingerprint density at radius 1 is 0.967 bits per heavy atom. The molecule has 2 heterocycles. The number of carboxylic acids is 1. The minimum Gasteiger partial charge on any atom is -0.477 e. The number of para-hydroxylation sites is 1. The van der Waals surface area contributed by atoms with E-state index in [1.807, 2.05) is 30.3 Å². The zero-order valence-electron chi connectivity index (χ0n) is 16.4. The number of aromatic nitrogens is 1. The largest absolute Gasteiger partial charge is 0.477 e. The van der Waals surface area contributed by atoms with Crippen LogP contribution in [0.2, 0.25) is 0 Å². The summed E-state index contributed by atoms with van der Waals surface area (Å²) in [6.07, 6.45) is 3.39. The Kier molecular flexibility index (Phi) is 5.81. The van der Waals surface area contributed by atoms with Crippen LogP contribution < -0.4 is 20.1 Å². The van der Waals surface area contributed by atoms with Crippen LogP contribution in [0.3, 0.4) is 0 Å². The van der Waals surface area contributed by atoms with E-state index < -0.39 is 5.97 Å². The van der Waals surface area contributed by atoms with Crippen LogP contribution >= 0.6 is 0 Å². The monoisotopic (exact) mass is 405 g/mol. The van der Waals surface area contributed by atoms with Crippen molar-refractivity contribution in [1.29, 1.82) is 0 Å². The maximum absolute atomic E-state index is 11.8. The number of nitrogens with zero attached hydrogens (tertiary/aromatic N) is 2. The molecule has 0 saturated carbocycles. The number of carboxylic acid groups (broad SMARTS) is 1. The smallest absolute Gasteiger partial charge is 0.341 e. The van der Waals surface area contributed by atoms with Gasteiger partial charge in [0.2, 0.25) is 5.88 Å². The highest BCUT2D eigenvalue weighted by molar-refractivity contribution is 5.91. The third-order valence-corrected chi connectivity index (χ3v) is 4.99. The maximum Gasteiger partial charge on any atom is 0.341 e. The van der Waals surface area contributed by atoms with Gasteiger partial charge in [0.1, 0.15) is 22.8 Å². The van der Waals surface area contributed by atoms with E-state index in [1.54, 1.807) is 36.5 Å². The van der Waals surface area contributed by atoms with Crippen molar-refractivity contribution < 1.29 is 19.4 Å². The predicted molar refractivity (Wildman–Crippen MR) is 114 cm³/mol. The Morgan fingerprint density at radius 2 is 1.57 bits per heavy atom. The third-order valence-electron chi connectivity index (χ3n) is 4.99. The number of hydrogen-bond donors (Lipinski definition) is 2. The van der Waals surface area contributed by atoms with Crippen molar-refractivity contribution in [3.05, 3.63) is 72.4 Å². The van der Waals surface area contributed by atoms with Crippen LogP contribution in [-0.2, 0) is 0 Å². The lowest BCUT2D eigenvalue weighted by Gasteiger charge is -2.31. The first-order chi connectivity index (χ1) is 14.6. The van der Waals surface area contributed by atoms with Crippen LogP contribution in [0.5, 0.6) is 23.1 Å². The fourth-order valence-electron chi connectivity index (χ4n) is 3.32. The first kappa shape index (κ1) is 19.7. The molecule has 154 valence electrons. The van der Waals surface area contributed by atoms with Crippen molar-refractivity contribution in [2.75, 3.05) is 18.0 Å². The molecule has 0 radical (unpaired) electrons. The van der Waals surface area contributed by atoms with Gasteiger partial charge in [0.25, 0.3) is 0 Å². The SMILES string of the molecule is NC1CCN(c2cnc(Oc3ccc(Oc4ccccc4)cc3)c(C(=O)O)c2)CC1. The molecule has 1 fully saturated rings. The molecule has 0 spiro atoms. The Balaban J connectivity index is 1.49. The molecule has 3 aromatic rings. The number of ether oxygens (including phenoxy) is 2. The van der Waals surface area contributed by atoms with E-state index in [-0.39, 0.29) is 17.5 Å². The second-order valence-electron chi connectivity index (χ2n) is 7.16. The van der Waals surface area contributed by atoms with E-state index in [0.29, 0.717) is 11.5 Å². The van der Waals surface area contributed by atoms with Gasteiger partial charge in [-0.15, -0.1) is 0 Å². The molecule has 0 unspecified atom stereocenters. The molecule has 2 aromatic carbocycles. The highest BCUT2D eigenvalue weighted by Gasteiger charge is 2.20. The number of pyridine rings is 1. The molecule has 1 aromatic heterocycles. The molecule has 1 aliphatic heterocycles. The summed E-state index contributed by atoms with van der Waals surface area (Å²) in [4.78, 5) is 18.1. The number of carbonyl (C=O) groups is 1. The van der Waals surface area contributed by atoms with Gasteiger partial charge in [0, 0.05) is 19.1 Å². The van der Waals surface area contributed by atoms with Crippen molar-refractivity contribution in [3.63, 3.8) is 0 Å². The van der Waals surface area contributed by atoms with Gasteiger partial charge < -0.3 is 25.2 Å². The van der Waals surface area contributed by atoms with E-state index in [0.717, 1.165) is 37.4 Å². The number of benzene rings is 2. The summed E-state index contributed by atoms with van der Waals surface area (Å²) < 4.78 is 11.5. The number of aromatic carboxylic acids is 1. The summed E-state index contributed by atoms with van der Waals surface area (Å²) in [5, 5.41) is 9.64. The van der Waals surface area contributed by atoms with Gasteiger partial charge in [-0.25, -0.2) is 9.78 Å². The van der Waals surface area contributed by atoms with Gasteiger partial charge in [-0.2, -0.15) is 0 Å². The normalized spacial score (nSPS) is 14.4. The summed E-state index contributed by atoms with van der Waals surface area (Å²) in [6, 6.07) is 18.2. The molecular formula is C23H23N3O4. The van der Waals surface area contributed by atoms with Gasteiger partial charge in [0.15, 0.2) is 0 Å². The van der Waals surface area contributed by atoms with E-state index in [2.05, 4.69) is 9.88 Å². The summed E-state index contributed by atoms with van der Waals surface area (Å²) in [5.41, 5.74) is 6.73. The number of anilines is 1. The lowest BCUT2D eigenvalue weighted by molar-refractivity contribution is 0.0693. The molecule has 0 amide bonds. The van der Waals surface area contributed by atoms with Crippen molar-refractivity contribution in [2.45, 2.75) is 18.9 Å². The molecule has 0 atom stereocenters. The average Bonchev–Trinajstić information content (AvgIpc) is 2.76. The summed E-state index contributed by atoms with van der Waals surface area (Å²) in [5.74, 6) is 0.824. The minimum atomic E-state index is -1.09. The van der Waals surface area contributed by atoms with E-state index in [9.17, 15) is 9.90 Å². The fraction of sp³-hybridized carbons (Fsp3) is 0.217. The Labute approximate surface area is 174 Å². The Hall–Kier alpha value is -3.58. The predicted octanol–water partition coefficient (Wildman–Crippen LogP) is 4.29. The molecule has 30 heavy (non-hydrogen) atoms. The molecule has 0 bridgehead atoms. The molecular weight excluding hydrogens is 382 g/mol. The number of nitrogens with two attached hydrogens (primary N) is 1. The molecule has 4 rings (SSSR count). The van der Waals surface area contributed by atoms with Crippen LogP contribution in [0.15, 0.2) is 66.9 Å². The van der Waals surface area contributed by atoms with E-state index >= 15 is 0 Å². The second-order valence-corrected chi connectivity index (χ2v) is 7.16. The first-order valence-corrected chi connectivity index (χ1v) is 9.83. The third kappa shape index (κ3) is 4.69.